The van der Waals surface area contributed by atoms with E-state index in [2.05, 4.69) is 34.9 Å². The lowest BCUT2D eigenvalue weighted by molar-refractivity contribution is 0.715. The van der Waals surface area contributed by atoms with Crippen molar-refractivity contribution in [1.82, 2.24) is 9.38 Å². The Morgan fingerprint density at radius 1 is 1.32 bits per heavy atom. The monoisotopic (exact) mass is 276 g/mol. The summed E-state index contributed by atoms with van der Waals surface area (Å²) >= 11 is 2.05. The van der Waals surface area contributed by atoms with E-state index < -0.39 is 0 Å². The molecule has 0 aliphatic carbocycles. The first-order chi connectivity index (χ1) is 9.19. The summed E-state index contributed by atoms with van der Waals surface area (Å²) in [5.74, 6) is 1.06. The highest BCUT2D eigenvalue weighted by Crippen LogP contribution is 2.30. The fourth-order valence-electron chi connectivity index (χ4n) is 2.83. The number of hydrogen-bond acceptors (Lipinski definition) is 4. The summed E-state index contributed by atoms with van der Waals surface area (Å²) in [6.07, 6.45) is 2.04. The van der Waals surface area contributed by atoms with Gasteiger partial charge in [0.2, 0.25) is 0 Å². The zero-order chi connectivity index (χ0) is 13.4. The second-order valence-electron chi connectivity index (χ2n) is 5.18. The largest absolute Gasteiger partial charge is 0.353 e. The third-order valence-corrected chi connectivity index (χ3v) is 4.75. The molecule has 4 nitrogen and oxygen atoms in total. The van der Waals surface area contributed by atoms with E-state index in [1.54, 1.807) is 0 Å². The van der Waals surface area contributed by atoms with Gasteiger partial charge in [0.05, 0.1) is 5.69 Å². The predicted molar refractivity (Wildman–Crippen MR) is 81.8 cm³/mol. The second-order valence-corrected chi connectivity index (χ2v) is 7.06. The first-order valence-corrected chi connectivity index (χ1v) is 7.69. The van der Waals surface area contributed by atoms with Gasteiger partial charge >= 0.3 is 0 Å². The molecular formula is C14H20N4S. The number of fused-ring (bicyclic) bond motifs is 1. The lowest BCUT2D eigenvalue weighted by Gasteiger charge is -2.35. The van der Waals surface area contributed by atoms with E-state index in [9.17, 15) is 0 Å². The molecule has 3 heterocycles. The minimum absolute atomic E-state index is 0.521. The van der Waals surface area contributed by atoms with Crippen molar-refractivity contribution >= 4 is 23.2 Å². The van der Waals surface area contributed by atoms with Crippen LogP contribution >= 0.6 is 11.8 Å². The Morgan fingerprint density at radius 3 is 2.74 bits per heavy atom. The van der Waals surface area contributed by atoms with Crippen molar-refractivity contribution in [1.29, 1.82) is 0 Å². The lowest BCUT2D eigenvalue weighted by Crippen LogP contribution is -2.41. The van der Waals surface area contributed by atoms with Crippen LogP contribution in [0.1, 0.15) is 19.5 Å². The fraction of sp³-hybridized carbons (Fsp3) is 0.500. The zero-order valence-electron chi connectivity index (χ0n) is 11.4. The molecule has 2 aromatic rings. The number of nitrogens with two attached hydrogens (primary N) is 1. The van der Waals surface area contributed by atoms with Gasteiger partial charge in [0, 0.05) is 36.3 Å². The number of nitrogens with zero attached hydrogens (tertiary/aromatic N) is 3. The lowest BCUT2D eigenvalue weighted by atomic mass is 10.3. The first-order valence-electron chi connectivity index (χ1n) is 6.75. The maximum absolute atomic E-state index is 5.94. The van der Waals surface area contributed by atoms with E-state index in [1.807, 2.05) is 24.4 Å². The molecule has 0 bridgehead atoms. The van der Waals surface area contributed by atoms with E-state index in [-0.39, 0.29) is 0 Å². The highest BCUT2D eigenvalue weighted by molar-refractivity contribution is 8.00. The molecule has 1 aliphatic rings. The van der Waals surface area contributed by atoms with Gasteiger partial charge in [-0.25, -0.2) is 4.98 Å². The molecule has 19 heavy (non-hydrogen) atoms. The van der Waals surface area contributed by atoms with Crippen LogP contribution in [0.2, 0.25) is 0 Å². The average Bonchev–Trinajstić information content (AvgIpc) is 2.76. The number of pyridine rings is 1. The van der Waals surface area contributed by atoms with Crippen LogP contribution in [-0.4, -0.2) is 33.0 Å². The highest BCUT2D eigenvalue weighted by Gasteiger charge is 2.26. The van der Waals surface area contributed by atoms with Crippen LogP contribution < -0.4 is 10.6 Å². The van der Waals surface area contributed by atoms with Crippen molar-refractivity contribution in [3.63, 3.8) is 0 Å². The normalized spacial score (nSPS) is 24.1. The molecule has 0 saturated carbocycles. The smallest absolute Gasteiger partial charge is 0.152 e. The molecule has 102 valence electrons. The molecule has 2 unspecified atom stereocenters. The number of anilines is 1. The van der Waals surface area contributed by atoms with E-state index >= 15 is 0 Å². The number of rotatable bonds is 2. The number of hydrogen-bond donors (Lipinski definition) is 1. The summed E-state index contributed by atoms with van der Waals surface area (Å²) in [6.45, 7) is 7.18. The van der Waals surface area contributed by atoms with Crippen LogP contribution in [0.4, 0.5) is 5.82 Å². The van der Waals surface area contributed by atoms with E-state index in [0.717, 1.165) is 30.2 Å². The van der Waals surface area contributed by atoms with Gasteiger partial charge in [-0.15, -0.1) is 0 Å². The SMILES string of the molecule is CC1CN(c2nc3ccccn3c2CN)CC(C)S1. The summed E-state index contributed by atoms with van der Waals surface area (Å²) in [5, 5.41) is 1.28. The minimum atomic E-state index is 0.521. The van der Waals surface area contributed by atoms with Crippen molar-refractivity contribution in [2.45, 2.75) is 30.9 Å². The molecule has 1 saturated heterocycles. The van der Waals surface area contributed by atoms with Crippen LogP contribution in [0.25, 0.3) is 5.65 Å². The molecule has 0 spiro atoms. The Hall–Kier alpha value is -1.20. The maximum atomic E-state index is 5.94. The highest BCUT2D eigenvalue weighted by atomic mass is 32.2. The fourth-order valence-corrected chi connectivity index (χ4v) is 4.15. The third kappa shape index (κ3) is 2.32. The predicted octanol–water partition coefficient (Wildman–Crippen LogP) is 2.12. The summed E-state index contributed by atoms with van der Waals surface area (Å²) < 4.78 is 2.10. The molecule has 2 aromatic heterocycles. The average molecular weight is 276 g/mol. The van der Waals surface area contributed by atoms with Gasteiger partial charge < -0.3 is 15.0 Å². The van der Waals surface area contributed by atoms with E-state index in [4.69, 9.17) is 10.7 Å². The van der Waals surface area contributed by atoms with E-state index in [0.29, 0.717) is 17.0 Å². The van der Waals surface area contributed by atoms with Crippen LogP contribution in [0.3, 0.4) is 0 Å². The molecule has 0 amide bonds. The molecular weight excluding hydrogens is 256 g/mol. The van der Waals surface area contributed by atoms with Crippen LogP contribution in [0, 0.1) is 0 Å². The molecule has 3 rings (SSSR count). The van der Waals surface area contributed by atoms with Crippen LogP contribution in [-0.2, 0) is 6.54 Å². The van der Waals surface area contributed by atoms with Crippen molar-refractivity contribution in [2.75, 3.05) is 18.0 Å². The van der Waals surface area contributed by atoms with Gasteiger partial charge in [-0.2, -0.15) is 11.8 Å². The number of imidazole rings is 1. The zero-order valence-corrected chi connectivity index (χ0v) is 12.2. The summed E-state index contributed by atoms with van der Waals surface area (Å²) in [6, 6.07) is 6.08. The van der Waals surface area contributed by atoms with Gasteiger partial charge in [-0.1, -0.05) is 19.9 Å². The summed E-state index contributed by atoms with van der Waals surface area (Å²) in [5.41, 5.74) is 8.04. The van der Waals surface area contributed by atoms with Gasteiger partial charge in [0.15, 0.2) is 5.82 Å². The summed E-state index contributed by atoms with van der Waals surface area (Å²) in [4.78, 5) is 7.17. The quantitative estimate of drug-likeness (QED) is 0.912. The van der Waals surface area contributed by atoms with Gasteiger partial charge in [-0.05, 0) is 12.1 Å². The summed E-state index contributed by atoms with van der Waals surface area (Å²) in [7, 11) is 0. The molecule has 0 aromatic carbocycles. The van der Waals surface area contributed by atoms with Crippen LogP contribution in [0.5, 0.6) is 0 Å². The van der Waals surface area contributed by atoms with Gasteiger partial charge in [0.25, 0.3) is 0 Å². The minimum Gasteiger partial charge on any atom is -0.353 e. The molecule has 1 aliphatic heterocycles. The second kappa shape index (κ2) is 5.06. The van der Waals surface area contributed by atoms with Gasteiger partial charge in [-0.3, -0.25) is 0 Å². The van der Waals surface area contributed by atoms with Crippen molar-refractivity contribution in [3.8, 4) is 0 Å². The topological polar surface area (TPSA) is 46.6 Å². The van der Waals surface area contributed by atoms with Crippen molar-refractivity contribution < 1.29 is 0 Å². The van der Waals surface area contributed by atoms with Crippen LogP contribution in [0.15, 0.2) is 24.4 Å². The van der Waals surface area contributed by atoms with Gasteiger partial charge in [0.1, 0.15) is 5.65 Å². The Kier molecular flexibility index (Phi) is 3.41. The third-order valence-electron chi connectivity index (χ3n) is 3.52. The van der Waals surface area contributed by atoms with E-state index in [1.165, 1.54) is 0 Å². The Morgan fingerprint density at radius 2 is 2.05 bits per heavy atom. The number of thioether (sulfide) groups is 1. The standard InChI is InChI=1S/C14H20N4S/c1-10-8-17(9-11(2)19-10)14-12(7-15)18-6-4-3-5-13(18)16-14/h3-6,10-11H,7-9,15H2,1-2H3. The molecule has 5 heteroatoms. The molecule has 2 N–H and O–H groups in total. The molecule has 1 fully saturated rings. The first kappa shape index (κ1) is 12.8. The molecule has 2 atom stereocenters. The Balaban J connectivity index is 2.04. The van der Waals surface area contributed by atoms with Crippen molar-refractivity contribution in [2.24, 2.45) is 5.73 Å². The Bertz CT molecular complexity index is 570. The number of aromatic nitrogens is 2. The Labute approximate surface area is 118 Å². The molecule has 0 radical (unpaired) electrons. The van der Waals surface area contributed by atoms with Crippen molar-refractivity contribution in [3.05, 3.63) is 30.1 Å². The maximum Gasteiger partial charge on any atom is 0.152 e.